The Bertz CT molecular complexity index is 905. The smallest absolute Gasteiger partial charge is 0.341 e. The zero-order valence-corrected chi connectivity index (χ0v) is 18.8. The fraction of sp³-hybridized carbons (Fsp3) is 0.409. The Morgan fingerprint density at radius 1 is 1.13 bits per heavy atom. The molecule has 0 radical (unpaired) electrons. The fourth-order valence-corrected chi connectivity index (χ4v) is 4.36. The van der Waals surface area contributed by atoms with Gasteiger partial charge in [-0.25, -0.2) is 4.79 Å². The lowest BCUT2D eigenvalue weighted by Crippen LogP contribution is -2.29. The molecule has 8 heteroatoms. The average molecular weight is 433 g/mol. The van der Waals surface area contributed by atoms with Crippen LogP contribution in [0, 0.1) is 6.92 Å². The van der Waals surface area contributed by atoms with Crippen LogP contribution in [-0.4, -0.2) is 31.5 Å². The van der Waals surface area contributed by atoms with Gasteiger partial charge in [-0.2, -0.15) is 0 Å². The highest BCUT2D eigenvalue weighted by molar-refractivity contribution is 7.16. The molecule has 0 aliphatic heterocycles. The molecule has 0 aliphatic carbocycles. The number of rotatable bonds is 9. The lowest BCUT2D eigenvalue weighted by Gasteiger charge is -2.18. The van der Waals surface area contributed by atoms with Gasteiger partial charge in [0.05, 0.1) is 31.7 Å². The molecule has 30 heavy (non-hydrogen) atoms. The third-order valence-corrected chi connectivity index (χ3v) is 5.64. The first-order valence-corrected chi connectivity index (χ1v) is 10.6. The largest absolute Gasteiger partial charge is 0.497 e. The molecule has 0 saturated heterocycles. The van der Waals surface area contributed by atoms with Gasteiger partial charge < -0.3 is 20.1 Å². The van der Waals surface area contributed by atoms with Crippen molar-refractivity contribution in [2.24, 2.45) is 0 Å². The first kappa shape index (κ1) is 23.4. The van der Waals surface area contributed by atoms with E-state index in [0.29, 0.717) is 22.7 Å². The second-order valence-corrected chi connectivity index (χ2v) is 7.92. The van der Waals surface area contributed by atoms with Crippen molar-refractivity contribution in [1.82, 2.24) is 5.32 Å². The summed E-state index contributed by atoms with van der Waals surface area (Å²) in [5.41, 5.74) is 2.07. The quantitative estimate of drug-likeness (QED) is 0.584. The monoisotopic (exact) mass is 432 g/mol. The number of benzene rings is 1. The number of thiophene rings is 1. The number of ether oxygens (including phenoxy) is 2. The maximum Gasteiger partial charge on any atom is 0.341 e. The maximum absolute atomic E-state index is 12.8. The zero-order chi connectivity index (χ0) is 22.3. The molecule has 0 spiro atoms. The molecule has 0 saturated carbocycles. The minimum absolute atomic E-state index is 0.0204. The normalized spacial score (nSPS) is 11.5. The van der Waals surface area contributed by atoms with Crippen LogP contribution < -0.4 is 15.4 Å². The summed E-state index contributed by atoms with van der Waals surface area (Å²) in [7, 11) is 1.57. The number of nitrogens with one attached hydrogen (secondary N) is 2. The molecule has 1 heterocycles. The molecule has 2 aromatic rings. The van der Waals surface area contributed by atoms with E-state index >= 15 is 0 Å². The topological polar surface area (TPSA) is 93.7 Å². The highest BCUT2D eigenvalue weighted by Crippen LogP contribution is 2.34. The van der Waals surface area contributed by atoms with E-state index in [0.717, 1.165) is 16.0 Å². The van der Waals surface area contributed by atoms with Gasteiger partial charge in [-0.15, -0.1) is 11.3 Å². The van der Waals surface area contributed by atoms with E-state index in [4.69, 9.17) is 9.47 Å². The highest BCUT2D eigenvalue weighted by Gasteiger charge is 2.25. The molecular formula is C22H28N2O5S. The molecule has 0 aliphatic rings. The van der Waals surface area contributed by atoms with Crippen LogP contribution in [-0.2, 0) is 20.7 Å². The van der Waals surface area contributed by atoms with Gasteiger partial charge in [0.2, 0.25) is 11.8 Å². The number of amides is 2. The SMILES string of the molecule is CCOC(=O)c1c(NC(=O)CC(NC(C)=O)c2ccc(OC)cc2)sc(C)c1CC. The lowest BCUT2D eigenvalue weighted by molar-refractivity contribution is -0.120. The third-order valence-electron chi connectivity index (χ3n) is 4.58. The summed E-state index contributed by atoms with van der Waals surface area (Å²) < 4.78 is 10.3. The standard InChI is InChI=1S/C22H28N2O5S/c1-6-17-13(3)30-21(20(17)22(27)29-7-2)24-19(26)12-18(23-14(4)25)15-8-10-16(28-5)11-9-15/h8-11,18H,6-7,12H2,1-5H3,(H,23,25)(H,24,26). The molecule has 7 nitrogen and oxygen atoms in total. The number of anilines is 1. The molecule has 1 unspecified atom stereocenters. The highest BCUT2D eigenvalue weighted by atomic mass is 32.1. The van der Waals surface area contributed by atoms with Gasteiger partial charge in [-0.3, -0.25) is 9.59 Å². The van der Waals surface area contributed by atoms with E-state index in [1.807, 2.05) is 13.8 Å². The van der Waals surface area contributed by atoms with Crippen molar-refractivity contribution in [3.8, 4) is 5.75 Å². The first-order valence-electron chi connectivity index (χ1n) is 9.80. The molecule has 1 aromatic carbocycles. The van der Waals surface area contributed by atoms with Crippen LogP contribution >= 0.6 is 11.3 Å². The Morgan fingerprint density at radius 3 is 2.33 bits per heavy atom. The maximum atomic E-state index is 12.8. The number of aryl methyl sites for hydroxylation is 1. The number of esters is 1. The van der Waals surface area contributed by atoms with Gasteiger partial charge in [0.15, 0.2) is 0 Å². The number of hydrogen-bond donors (Lipinski definition) is 2. The van der Waals surface area contributed by atoms with Crippen LogP contribution in [0.25, 0.3) is 0 Å². The first-order chi connectivity index (χ1) is 14.3. The van der Waals surface area contributed by atoms with Crippen LogP contribution in [0.15, 0.2) is 24.3 Å². The van der Waals surface area contributed by atoms with Crippen molar-refractivity contribution in [1.29, 1.82) is 0 Å². The zero-order valence-electron chi connectivity index (χ0n) is 18.0. The van der Waals surface area contributed by atoms with Gasteiger partial charge >= 0.3 is 5.97 Å². The third kappa shape index (κ3) is 5.82. The number of carbonyl (C=O) groups excluding carboxylic acids is 3. The second kappa shape index (κ2) is 10.8. The van der Waals surface area contributed by atoms with Crippen molar-refractivity contribution in [2.75, 3.05) is 19.0 Å². The van der Waals surface area contributed by atoms with Crippen molar-refractivity contribution in [2.45, 2.75) is 46.6 Å². The van der Waals surface area contributed by atoms with Crippen molar-refractivity contribution in [3.63, 3.8) is 0 Å². The lowest BCUT2D eigenvalue weighted by atomic mass is 10.0. The summed E-state index contributed by atoms with van der Waals surface area (Å²) in [4.78, 5) is 37.9. The van der Waals surface area contributed by atoms with Crippen LogP contribution in [0.4, 0.5) is 5.00 Å². The van der Waals surface area contributed by atoms with E-state index < -0.39 is 12.0 Å². The van der Waals surface area contributed by atoms with Crippen LogP contribution in [0.1, 0.15) is 59.6 Å². The van der Waals surface area contributed by atoms with E-state index in [2.05, 4.69) is 10.6 Å². The van der Waals surface area contributed by atoms with Gasteiger partial charge in [-0.1, -0.05) is 19.1 Å². The molecule has 2 rings (SSSR count). The molecule has 1 atom stereocenters. The van der Waals surface area contributed by atoms with Gasteiger partial charge in [0, 0.05) is 11.8 Å². The van der Waals surface area contributed by atoms with Crippen molar-refractivity contribution in [3.05, 3.63) is 45.8 Å². The van der Waals surface area contributed by atoms with Crippen LogP contribution in [0.2, 0.25) is 0 Å². The summed E-state index contributed by atoms with van der Waals surface area (Å²) in [6.45, 7) is 7.28. The molecule has 0 bridgehead atoms. The van der Waals surface area contributed by atoms with Crippen molar-refractivity contribution >= 4 is 34.1 Å². The fourth-order valence-electron chi connectivity index (χ4n) is 3.21. The molecule has 2 N–H and O–H groups in total. The minimum atomic E-state index is -0.508. The average Bonchev–Trinajstić information content (AvgIpc) is 3.02. The summed E-state index contributed by atoms with van der Waals surface area (Å²) in [6, 6.07) is 6.66. The summed E-state index contributed by atoms with van der Waals surface area (Å²) in [5.74, 6) is -0.303. The Labute approximate surface area is 180 Å². The molecule has 1 aromatic heterocycles. The van der Waals surface area contributed by atoms with E-state index in [-0.39, 0.29) is 24.8 Å². The van der Waals surface area contributed by atoms with E-state index in [1.54, 1.807) is 38.3 Å². The Hall–Kier alpha value is -2.87. The summed E-state index contributed by atoms with van der Waals surface area (Å²) >= 11 is 1.35. The Kier molecular flexibility index (Phi) is 8.41. The number of carbonyl (C=O) groups is 3. The second-order valence-electron chi connectivity index (χ2n) is 6.69. The van der Waals surface area contributed by atoms with Gasteiger partial charge in [-0.05, 0) is 43.5 Å². The Balaban J connectivity index is 2.24. The molecule has 162 valence electrons. The van der Waals surface area contributed by atoms with Crippen LogP contribution in [0.3, 0.4) is 0 Å². The predicted octanol–water partition coefficient (Wildman–Crippen LogP) is 4.01. The molecule has 0 fully saturated rings. The van der Waals surface area contributed by atoms with Crippen molar-refractivity contribution < 1.29 is 23.9 Å². The van der Waals surface area contributed by atoms with E-state index in [9.17, 15) is 14.4 Å². The number of hydrogen-bond acceptors (Lipinski definition) is 6. The minimum Gasteiger partial charge on any atom is -0.497 e. The molecule has 2 amide bonds. The van der Waals surface area contributed by atoms with Gasteiger partial charge in [0.25, 0.3) is 0 Å². The summed E-state index contributed by atoms with van der Waals surface area (Å²) in [6.07, 6.45) is 0.680. The van der Waals surface area contributed by atoms with Gasteiger partial charge in [0.1, 0.15) is 10.8 Å². The molecular weight excluding hydrogens is 404 g/mol. The number of methoxy groups -OCH3 is 1. The van der Waals surface area contributed by atoms with E-state index in [1.165, 1.54) is 18.3 Å². The summed E-state index contributed by atoms with van der Waals surface area (Å²) in [5, 5.41) is 6.13. The van der Waals surface area contributed by atoms with Crippen LogP contribution in [0.5, 0.6) is 5.75 Å². The Morgan fingerprint density at radius 2 is 1.80 bits per heavy atom. The predicted molar refractivity (Wildman–Crippen MR) is 117 cm³/mol.